The molecule has 1 aliphatic rings. The molecule has 0 radical (unpaired) electrons. The van der Waals surface area contributed by atoms with Crippen LogP contribution in [0.5, 0.6) is 0 Å². The highest BCUT2D eigenvalue weighted by Crippen LogP contribution is 2.29. The van der Waals surface area contributed by atoms with Crippen molar-refractivity contribution in [2.75, 3.05) is 6.54 Å². The molecule has 1 aromatic rings. The van der Waals surface area contributed by atoms with Crippen molar-refractivity contribution in [1.82, 2.24) is 5.32 Å². The fourth-order valence-electron chi connectivity index (χ4n) is 3.09. The molecule has 0 aromatic heterocycles. The van der Waals surface area contributed by atoms with Gasteiger partial charge in [0.25, 0.3) is 5.91 Å². The standard InChI is InChI=1S/C17H23NO3/c1-11-6-5-9-14(12(11)2)16(19)18-10-13-7-3-4-8-15(13)17(20)21/h5-6,9,13,15H,3-4,7-8,10H2,1-2H3,(H,18,19)(H,20,21). The van der Waals surface area contributed by atoms with Gasteiger partial charge in [-0.2, -0.15) is 0 Å². The molecular weight excluding hydrogens is 266 g/mol. The van der Waals surface area contributed by atoms with Crippen LogP contribution in [0.25, 0.3) is 0 Å². The maximum Gasteiger partial charge on any atom is 0.306 e. The lowest BCUT2D eigenvalue weighted by Crippen LogP contribution is -2.37. The quantitative estimate of drug-likeness (QED) is 0.895. The number of nitrogens with one attached hydrogen (secondary N) is 1. The lowest BCUT2D eigenvalue weighted by molar-refractivity contribution is -0.144. The Morgan fingerprint density at radius 2 is 1.95 bits per heavy atom. The van der Waals surface area contributed by atoms with Gasteiger partial charge in [0, 0.05) is 12.1 Å². The molecular formula is C17H23NO3. The Bertz CT molecular complexity index is 539. The molecule has 2 N–H and O–H groups in total. The summed E-state index contributed by atoms with van der Waals surface area (Å²) in [6.45, 7) is 4.36. The van der Waals surface area contributed by atoms with Gasteiger partial charge in [-0.05, 0) is 49.8 Å². The number of benzene rings is 1. The van der Waals surface area contributed by atoms with E-state index < -0.39 is 5.97 Å². The maximum atomic E-state index is 12.3. The third kappa shape index (κ3) is 3.63. The second kappa shape index (κ2) is 6.74. The van der Waals surface area contributed by atoms with Crippen LogP contribution in [0.3, 0.4) is 0 Å². The van der Waals surface area contributed by atoms with Crippen LogP contribution >= 0.6 is 0 Å². The third-order valence-electron chi connectivity index (χ3n) is 4.60. The molecule has 1 aliphatic carbocycles. The number of carboxylic acid groups (broad SMARTS) is 1. The first-order valence-electron chi connectivity index (χ1n) is 7.58. The van der Waals surface area contributed by atoms with E-state index in [4.69, 9.17) is 0 Å². The molecule has 0 aliphatic heterocycles. The second-order valence-electron chi connectivity index (χ2n) is 5.95. The van der Waals surface area contributed by atoms with Crippen molar-refractivity contribution in [3.05, 3.63) is 34.9 Å². The van der Waals surface area contributed by atoms with Crippen molar-refractivity contribution in [3.63, 3.8) is 0 Å². The first kappa shape index (κ1) is 15.5. The number of amides is 1. The molecule has 1 amide bonds. The molecule has 2 atom stereocenters. The van der Waals surface area contributed by atoms with Crippen LogP contribution in [0, 0.1) is 25.7 Å². The SMILES string of the molecule is Cc1cccc(C(=O)NCC2CCCCC2C(=O)O)c1C. The summed E-state index contributed by atoms with van der Waals surface area (Å²) in [5.74, 6) is -1.12. The van der Waals surface area contributed by atoms with Gasteiger partial charge < -0.3 is 10.4 Å². The summed E-state index contributed by atoms with van der Waals surface area (Å²) in [7, 11) is 0. The van der Waals surface area contributed by atoms with Crippen LogP contribution in [-0.4, -0.2) is 23.5 Å². The van der Waals surface area contributed by atoms with Gasteiger partial charge in [0.05, 0.1) is 5.92 Å². The number of carbonyl (C=O) groups is 2. The predicted octanol–water partition coefficient (Wildman–Crippen LogP) is 2.92. The summed E-state index contributed by atoms with van der Waals surface area (Å²) in [5.41, 5.74) is 2.75. The molecule has 2 rings (SSSR count). The number of hydrogen-bond donors (Lipinski definition) is 2. The normalized spacial score (nSPS) is 21.8. The van der Waals surface area contributed by atoms with E-state index in [0.29, 0.717) is 12.1 Å². The van der Waals surface area contributed by atoms with Crippen molar-refractivity contribution < 1.29 is 14.7 Å². The average molecular weight is 289 g/mol. The summed E-state index contributed by atoms with van der Waals surface area (Å²) in [6, 6.07) is 5.67. The molecule has 0 spiro atoms. The number of carbonyl (C=O) groups excluding carboxylic acids is 1. The zero-order valence-corrected chi connectivity index (χ0v) is 12.7. The van der Waals surface area contributed by atoms with Crippen molar-refractivity contribution in [1.29, 1.82) is 0 Å². The van der Waals surface area contributed by atoms with Crippen molar-refractivity contribution >= 4 is 11.9 Å². The van der Waals surface area contributed by atoms with Gasteiger partial charge in [0.2, 0.25) is 0 Å². The van der Waals surface area contributed by atoms with Crippen LogP contribution in [0.4, 0.5) is 0 Å². The summed E-state index contributed by atoms with van der Waals surface area (Å²) in [4.78, 5) is 23.5. The summed E-state index contributed by atoms with van der Waals surface area (Å²) in [6.07, 6.45) is 3.62. The molecule has 4 nitrogen and oxygen atoms in total. The number of carboxylic acids is 1. The highest BCUT2D eigenvalue weighted by Gasteiger charge is 2.30. The Balaban J connectivity index is 2.00. The molecule has 1 fully saturated rings. The molecule has 21 heavy (non-hydrogen) atoms. The minimum Gasteiger partial charge on any atom is -0.481 e. The van der Waals surface area contributed by atoms with Gasteiger partial charge >= 0.3 is 5.97 Å². The van der Waals surface area contributed by atoms with E-state index in [1.165, 1.54) is 0 Å². The molecule has 0 bridgehead atoms. The van der Waals surface area contributed by atoms with Gasteiger partial charge in [-0.25, -0.2) is 0 Å². The molecule has 0 heterocycles. The molecule has 0 saturated heterocycles. The molecule has 1 aromatic carbocycles. The molecule has 2 unspecified atom stereocenters. The van der Waals surface area contributed by atoms with Crippen molar-refractivity contribution in [3.8, 4) is 0 Å². The fraction of sp³-hybridized carbons (Fsp3) is 0.529. The Kier molecular flexibility index (Phi) is 4.99. The van der Waals surface area contributed by atoms with Gasteiger partial charge in [-0.1, -0.05) is 25.0 Å². The largest absolute Gasteiger partial charge is 0.481 e. The van der Waals surface area contributed by atoms with E-state index in [9.17, 15) is 14.7 Å². The monoisotopic (exact) mass is 289 g/mol. The van der Waals surface area contributed by atoms with E-state index in [1.54, 1.807) is 0 Å². The first-order chi connectivity index (χ1) is 10.0. The fourth-order valence-corrected chi connectivity index (χ4v) is 3.09. The molecule has 1 saturated carbocycles. The minimum absolute atomic E-state index is 0.0466. The van der Waals surface area contributed by atoms with Crippen LogP contribution in [0.1, 0.15) is 47.2 Å². The zero-order chi connectivity index (χ0) is 15.4. The third-order valence-corrected chi connectivity index (χ3v) is 4.60. The Morgan fingerprint density at radius 1 is 1.24 bits per heavy atom. The van der Waals surface area contributed by atoms with Crippen molar-refractivity contribution in [2.24, 2.45) is 11.8 Å². The van der Waals surface area contributed by atoms with Crippen LogP contribution in [-0.2, 0) is 4.79 Å². The second-order valence-corrected chi connectivity index (χ2v) is 5.95. The van der Waals surface area contributed by atoms with Crippen LogP contribution in [0.2, 0.25) is 0 Å². The highest BCUT2D eigenvalue weighted by molar-refractivity contribution is 5.95. The Labute approximate surface area is 125 Å². The highest BCUT2D eigenvalue weighted by atomic mass is 16.4. The summed E-state index contributed by atoms with van der Waals surface area (Å²) < 4.78 is 0. The predicted molar refractivity (Wildman–Crippen MR) is 81.3 cm³/mol. The van der Waals surface area contributed by atoms with Gasteiger partial charge in [-0.3, -0.25) is 9.59 Å². The average Bonchev–Trinajstić information content (AvgIpc) is 2.47. The van der Waals surface area contributed by atoms with Gasteiger partial charge in [0.1, 0.15) is 0 Å². The zero-order valence-electron chi connectivity index (χ0n) is 12.7. The lowest BCUT2D eigenvalue weighted by Gasteiger charge is -2.28. The minimum atomic E-state index is -0.735. The number of rotatable bonds is 4. The lowest BCUT2D eigenvalue weighted by atomic mass is 9.79. The maximum absolute atomic E-state index is 12.3. The van der Waals surface area contributed by atoms with Gasteiger partial charge in [-0.15, -0.1) is 0 Å². The smallest absolute Gasteiger partial charge is 0.306 e. The van der Waals surface area contributed by atoms with Crippen LogP contribution < -0.4 is 5.32 Å². The molecule has 114 valence electrons. The Hall–Kier alpha value is -1.84. The molecule has 4 heteroatoms. The topological polar surface area (TPSA) is 66.4 Å². The Morgan fingerprint density at radius 3 is 2.67 bits per heavy atom. The number of hydrogen-bond acceptors (Lipinski definition) is 2. The van der Waals surface area contributed by atoms with E-state index >= 15 is 0 Å². The van der Waals surface area contributed by atoms with E-state index in [-0.39, 0.29) is 17.7 Å². The van der Waals surface area contributed by atoms with Gasteiger partial charge in [0.15, 0.2) is 0 Å². The van der Waals surface area contributed by atoms with E-state index in [2.05, 4.69) is 5.32 Å². The number of aliphatic carboxylic acids is 1. The van der Waals surface area contributed by atoms with Crippen LogP contribution in [0.15, 0.2) is 18.2 Å². The first-order valence-corrected chi connectivity index (χ1v) is 7.58. The summed E-state index contributed by atoms with van der Waals surface area (Å²) >= 11 is 0. The number of aryl methyl sites for hydroxylation is 1. The van der Waals surface area contributed by atoms with Crippen molar-refractivity contribution in [2.45, 2.75) is 39.5 Å². The summed E-state index contributed by atoms with van der Waals surface area (Å²) in [5, 5.41) is 12.2. The van der Waals surface area contributed by atoms with E-state index in [1.807, 2.05) is 32.0 Å². The van der Waals surface area contributed by atoms with E-state index in [0.717, 1.165) is 36.8 Å².